The van der Waals surface area contributed by atoms with Crippen molar-refractivity contribution in [1.29, 1.82) is 0 Å². The van der Waals surface area contributed by atoms with Crippen molar-refractivity contribution in [2.24, 2.45) is 5.92 Å². The number of amides is 2. The number of rotatable bonds is 4. The summed E-state index contributed by atoms with van der Waals surface area (Å²) in [5.41, 5.74) is 2.58. The molecule has 0 aromatic heterocycles. The molecule has 1 aliphatic rings. The van der Waals surface area contributed by atoms with E-state index in [2.05, 4.69) is 13.8 Å². The minimum atomic E-state index is -0.290. The number of aryl methyl sites for hydroxylation is 1. The molecule has 1 saturated heterocycles. The van der Waals surface area contributed by atoms with Crippen LogP contribution in [-0.4, -0.2) is 40.7 Å². The lowest BCUT2D eigenvalue weighted by atomic mass is 10.0. The average molecular weight is 382 g/mol. The highest BCUT2D eigenvalue weighted by Crippen LogP contribution is 2.22. The maximum Gasteiger partial charge on any atom is 0.253 e. The van der Waals surface area contributed by atoms with Crippen molar-refractivity contribution in [3.05, 3.63) is 71.0 Å². The summed E-state index contributed by atoms with van der Waals surface area (Å²) in [5, 5.41) is 0. The monoisotopic (exact) mass is 382 g/mol. The van der Waals surface area contributed by atoms with Crippen LogP contribution in [0.5, 0.6) is 0 Å². The lowest BCUT2D eigenvalue weighted by Crippen LogP contribution is -2.47. The first-order chi connectivity index (χ1) is 13.3. The Labute approximate surface area is 166 Å². The zero-order valence-corrected chi connectivity index (χ0v) is 16.7. The Bertz CT molecular complexity index is 848. The van der Waals surface area contributed by atoms with E-state index in [1.807, 2.05) is 36.1 Å². The Morgan fingerprint density at radius 3 is 2.54 bits per heavy atom. The van der Waals surface area contributed by atoms with Crippen molar-refractivity contribution in [3.63, 3.8) is 0 Å². The number of nitrogens with zero attached hydrogens (tertiary/aromatic N) is 2. The van der Waals surface area contributed by atoms with Gasteiger partial charge < -0.3 is 9.80 Å². The van der Waals surface area contributed by atoms with Crippen LogP contribution < -0.4 is 0 Å². The molecule has 1 unspecified atom stereocenters. The molecular weight excluding hydrogens is 355 g/mol. The molecule has 2 aromatic rings. The molecule has 4 nitrogen and oxygen atoms in total. The standard InChI is InChI=1S/C23H27FN2O2/c1-16(2)21-15-25(23(28)19-6-4-5-17(3)13-19)12-11-22(27)26(21)14-18-7-9-20(24)10-8-18/h4-10,13,16,21H,11-12,14-15H2,1-3H3. The van der Waals surface area contributed by atoms with E-state index in [1.54, 1.807) is 17.0 Å². The average Bonchev–Trinajstić information content (AvgIpc) is 2.83. The Balaban J connectivity index is 1.83. The second-order valence-electron chi connectivity index (χ2n) is 7.83. The van der Waals surface area contributed by atoms with Crippen LogP contribution in [0.1, 0.15) is 41.8 Å². The molecule has 0 aliphatic carbocycles. The van der Waals surface area contributed by atoms with Gasteiger partial charge in [-0.15, -0.1) is 0 Å². The third kappa shape index (κ3) is 4.58. The lowest BCUT2D eigenvalue weighted by molar-refractivity contribution is -0.134. The molecular formula is C23H27FN2O2. The Kier molecular flexibility index (Phi) is 6.12. The summed E-state index contributed by atoms with van der Waals surface area (Å²) >= 11 is 0. The normalized spacial score (nSPS) is 17.8. The molecule has 0 spiro atoms. The summed E-state index contributed by atoms with van der Waals surface area (Å²) in [7, 11) is 0. The van der Waals surface area contributed by atoms with Gasteiger partial charge in [-0.25, -0.2) is 4.39 Å². The van der Waals surface area contributed by atoms with Gasteiger partial charge in [0.1, 0.15) is 5.82 Å². The van der Waals surface area contributed by atoms with E-state index < -0.39 is 0 Å². The number of hydrogen-bond acceptors (Lipinski definition) is 2. The van der Waals surface area contributed by atoms with Crippen LogP contribution in [0.2, 0.25) is 0 Å². The molecule has 5 heteroatoms. The highest BCUT2D eigenvalue weighted by Gasteiger charge is 2.33. The van der Waals surface area contributed by atoms with E-state index in [-0.39, 0.29) is 29.6 Å². The van der Waals surface area contributed by atoms with Crippen molar-refractivity contribution in [3.8, 4) is 0 Å². The van der Waals surface area contributed by atoms with Gasteiger partial charge in [0.2, 0.25) is 5.91 Å². The third-order valence-electron chi connectivity index (χ3n) is 5.31. The van der Waals surface area contributed by atoms with Crippen LogP contribution in [0.25, 0.3) is 0 Å². The van der Waals surface area contributed by atoms with E-state index in [4.69, 9.17) is 0 Å². The maximum absolute atomic E-state index is 13.2. The molecule has 0 bridgehead atoms. The molecule has 3 rings (SSSR count). The molecule has 1 aliphatic heterocycles. The zero-order valence-electron chi connectivity index (χ0n) is 16.7. The minimum Gasteiger partial charge on any atom is -0.336 e. The second kappa shape index (κ2) is 8.55. The van der Waals surface area contributed by atoms with Gasteiger partial charge in [0.25, 0.3) is 5.91 Å². The number of halogens is 1. The zero-order chi connectivity index (χ0) is 20.3. The van der Waals surface area contributed by atoms with Gasteiger partial charge in [0, 0.05) is 31.6 Å². The van der Waals surface area contributed by atoms with Crippen molar-refractivity contribution in [2.75, 3.05) is 13.1 Å². The van der Waals surface area contributed by atoms with Gasteiger partial charge in [-0.1, -0.05) is 43.7 Å². The van der Waals surface area contributed by atoms with Crippen LogP contribution in [0.15, 0.2) is 48.5 Å². The molecule has 2 aromatic carbocycles. The Hall–Kier alpha value is -2.69. The van der Waals surface area contributed by atoms with E-state index >= 15 is 0 Å². The highest BCUT2D eigenvalue weighted by molar-refractivity contribution is 5.95. The fourth-order valence-corrected chi connectivity index (χ4v) is 3.68. The van der Waals surface area contributed by atoms with Gasteiger partial charge >= 0.3 is 0 Å². The van der Waals surface area contributed by atoms with Gasteiger partial charge in [0.05, 0.1) is 6.04 Å². The first-order valence-electron chi connectivity index (χ1n) is 9.75. The molecule has 1 fully saturated rings. The predicted molar refractivity (Wildman–Crippen MR) is 107 cm³/mol. The molecule has 1 atom stereocenters. The van der Waals surface area contributed by atoms with Crippen molar-refractivity contribution in [2.45, 2.75) is 39.8 Å². The summed E-state index contributed by atoms with van der Waals surface area (Å²) in [4.78, 5) is 29.6. The summed E-state index contributed by atoms with van der Waals surface area (Å²) in [6, 6.07) is 13.7. The fraction of sp³-hybridized carbons (Fsp3) is 0.391. The summed E-state index contributed by atoms with van der Waals surface area (Å²) in [6.07, 6.45) is 0.294. The molecule has 0 radical (unpaired) electrons. The number of carbonyl (C=O) groups is 2. The van der Waals surface area contributed by atoms with Crippen LogP contribution >= 0.6 is 0 Å². The molecule has 148 valence electrons. The summed E-state index contributed by atoms with van der Waals surface area (Å²) in [5.74, 6) is -0.107. The van der Waals surface area contributed by atoms with Crippen LogP contribution in [0.4, 0.5) is 4.39 Å². The molecule has 0 saturated carbocycles. The Morgan fingerprint density at radius 2 is 1.89 bits per heavy atom. The topological polar surface area (TPSA) is 40.6 Å². The minimum absolute atomic E-state index is 0.0302. The van der Waals surface area contributed by atoms with Crippen molar-refractivity contribution in [1.82, 2.24) is 9.80 Å². The molecule has 0 N–H and O–H groups in total. The van der Waals surface area contributed by atoms with E-state index in [1.165, 1.54) is 12.1 Å². The predicted octanol–water partition coefficient (Wildman–Crippen LogP) is 4.03. The van der Waals surface area contributed by atoms with Crippen LogP contribution in [0.3, 0.4) is 0 Å². The van der Waals surface area contributed by atoms with E-state index in [0.29, 0.717) is 31.6 Å². The Morgan fingerprint density at radius 1 is 1.18 bits per heavy atom. The van der Waals surface area contributed by atoms with Gasteiger partial charge in [-0.05, 0) is 42.7 Å². The van der Waals surface area contributed by atoms with Gasteiger partial charge in [0.15, 0.2) is 0 Å². The lowest BCUT2D eigenvalue weighted by Gasteiger charge is -2.34. The number of carbonyl (C=O) groups excluding carboxylic acids is 2. The molecule has 2 amide bonds. The first-order valence-corrected chi connectivity index (χ1v) is 9.75. The van der Waals surface area contributed by atoms with Crippen molar-refractivity contribution >= 4 is 11.8 Å². The number of hydrogen-bond donors (Lipinski definition) is 0. The second-order valence-corrected chi connectivity index (χ2v) is 7.83. The first kappa shape index (κ1) is 20.1. The smallest absolute Gasteiger partial charge is 0.253 e. The third-order valence-corrected chi connectivity index (χ3v) is 5.31. The SMILES string of the molecule is Cc1cccc(C(=O)N2CCC(=O)N(Cc3ccc(F)cc3)C(C(C)C)C2)c1. The highest BCUT2D eigenvalue weighted by atomic mass is 19.1. The number of benzene rings is 2. The largest absolute Gasteiger partial charge is 0.336 e. The molecule has 28 heavy (non-hydrogen) atoms. The fourth-order valence-electron chi connectivity index (χ4n) is 3.68. The van der Waals surface area contributed by atoms with E-state index in [0.717, 1.165) is 11.1 Å². The van der Waals surface area contributed by atoms with Crippen molar-refractivity contribution < 1.29 is 14.0 Å². The maximum atomic E-state index is 13.2. The summed E-state index contributed by atoms with van der Waals surface area (Å²) < 4.78 is 13.2. The van der Waals surface area contributed by atoms with E-state index in [9.17, 15) is 14.0 Å². The van der Waals surface area contributed by atoms with Gasteiger partial charge in [-0.3, -0.25) is 9.59 Å². The summed E-state index contributed by atoms with van der Waals surface area (Å²) in [6.45, 7) is 7.43. The van der Waals surface area contributed by atoms with Crippen LogP contribution in [-0.2, 0) is 11.3 Å². The van der Waals surface area contributed by atoms with Crippen LogP contribution in [0, 0.1) is 18.7 Å². The quantitative estimate of drug-likeness (QED) is 0.801. The van der Waals surface area contributed by atoms with Gasteiger partial charge in [-0.2, -0.15) is 0 Å². The molecule has 1 heterocycles.